The maximum atomic E-state index is 13.1. The Hall–Kier alpha value is -3.32. The predicted octanol–water partition coefficient (Wildman–Crippen LogP) is 4.18. The Morgan fingerprint density at radius 1 is 0.903 bits per heavy atom. The van der Waals surface area contributed by atoms with Crippen LogP contribution in [0.25, 0.3) is 0 Å². The number of carbonyl (C=O) groups excluding carboxylic acids is 1. The summed E-state index contributed by atoms with van der Waals surface area (Å²) < 4.78 is 32.6. The molecular formula is C24H26N2O4S. The quantitative estimate of drug-likeness (QED) is 0.529. The van der Waals surface area contributed by atoms with Crippen molar-refractivity contribution in [3.8, 4) is 5.75 Å². The van der Waals surface area contributed by atoms with Crippen molar-refractivity contribution in [1.29, 1.82) is 0 Å². The molecular weight excluding hydrogens is 412 g/mol. The summed E-state index contributed by atoms with van der Waals surface area (Å²) in [6.45, 7) is 2.96. The minimum atomic E-state index is -3.81. The van der Waals surface area contributed by atoms with Gasteiger partial charge in [0.2, 0.25) is 0 Å². The van der Waals surface area contributed by atoms with E-state index in [4.69, 9.17) is 4.74 Å². The molecule has 0 saturated heterocycles. The second-order valence-electron chi connectivity index (χ2n) is 6.97. The lowest BCUT2D eigenvalue weighted by Crippen LogP contribution is -2.30. The SMILES string of the molecule is CCN(Cc1ccccc1)C(=O)c1ccc(S(=O)(=O)N(C)c2ccccc2OC)cc1. The number of benzene rings is 3. The van der Waals surface area contributed by atoms with Crippen LogP contribution in [0.2, 0.25) is 0 Å². The average molecular weight is 439 g/mol. The molecule has 0 aliphatic rings. The van der Waals surface area contributed by atoms with Crippen LogP contribution in [0.15, 0.2) is 83.8 Å². The van der Waals surface area contributed by atoms with Gasteiger partial charge in [-0.25, -0.2) is 8.42 Å². The zero-order chi connectivity index (χ0) is 22.4. The first-order chi connectivity index (χ1) is 14.9. The van der Waals surface area contributed by atoms with Crippen molar-refractivity contribution < 1.29 is 17.9 Å². The molecule has 162 valence electrons. The maximum absolute atomic E-state index is 13.1. The Balaban J connectivity index is 1.82. The molecule has 3 aromatic rings. The lowest BCUT2D eigenvalue weighted by Gasteiger charge is -2.23. The van der Waals surface area contributed by atoms with E-state index in [2.05, 4.69) is 0 Å². The highest BCUT2D eigenvalue weighted by Crippen LogP contribution is 2.30. The van der Waals surface area contributed by atoms with Gasteiger partial charge < -0.3 is 9.64 Å². The summed E-state index contributed by atoms with van der Waals surface area (Å²) in [4.78, 5) is 14.8. The van der Waals surface area contributed by atoms with Crippen molar-refractivity contribution in [2.75, 3.05) is 25.0 Å². The van der Waals surface area contributed by atoms with E-state index in [1.165, 1.54) is 30.6 Å². The highest BCUT2D eigenvalue weighted by Gasteiger charge is 2.24. The molecule has 0 radical (unpaired) electrons. The van der Waals surface area contributed by atoms with Gasteiger partial charge >= 0.3 is 0 Å². The molecule has 1 amide bonds. The molecule has 6 nitrogen and oxygen atoms in total. The molecule has 0 saturated carbocycles. The lowest BCUT2D eigenvalue weighted by atomic mass is 10.1. The van der Waals surface area contributed by atoms with E-state index in [0.717, 1.165) is 5.56 Å². The number of nitrogens with zero attached hydrogens (tertiary/aromatic N) is 2. The van der Waals surface area contributed by atoms with Gasteiger partial charge in [-0.05, 0) is 48.9 Å². The van der Waals surface area contributed by atoms with Crippen LogP contribution < -0.4 is 9.04 Å². The third kappa shape index (κ3) is 4.88. The van der Waals surface area contributed by atoms with Crippen LogP contribution in [0, 0.1) is 0 Å². The zero-order valence-corrected chi connectivity index (χ0v) is 18.7. The summed E-state index contributed by atoms with van der Waals surface area (Å²) in [5.74, 6) is 0.313. The summed E-state index contributed by atoms with van der Waals surface area (Å²) in [6, 6.07) is 22.7. The van der Waals surface area contributed by atoms with Gasteiger partial charge in [0.1, 0.15) is 5.75 Å². The largest absolute Gasteiger partial charge is 0.495 e. The molecule has 7 heteroatoms. The minimum Gasteiger partial charge on any atom is -0.495 e. The average Bonchev–Trinajstić information content (AvgIpc) is 2.82. The summed E-state index contributed by atoms with van der Waals surface area (Å²) in [7, 11) is -0.841. The molecule has 0 heterocycles. The number of anilines is 1. The van der Waals surface area contributed by atoms with Crippen LogP contribution in [0.4, 0.5) is 5.69 Å². The van der Waals surface area contributed by atoms with Crippen molar-refractivity contribution in [3.05, 3.63) is 90.0 Å². The van der Waals surface area contributed by atoms with Gasteiger partial charge in [0.25, 0.3) is 15.9 Å². The van der Waals surface area contributed by atoms with Gasteiger partial charge in [0.05, 0.1) is 17.7 Å². The smallest absolute Gasteiger partial charge is 0.264 e. The van der Waals surface area contributed by atoms with Crippen LogP contribution in [0.5, 0.6) is 5.75 Å². The molecule has 0 fully saturated rings. The highest BCUT2D eigenvalue weighted by molar-refractivity contribution is 7.92. The molecule has 31 heavy (non-hydrogen) atoms. The monoisotopic (exact) mass is 438 g/mol. The fourth-order valence-electron chi connectivity index (χ4n) is 3.26. The fourth-order valence-corrected chi connectivity index (χ4v) is 4.47. The predicted molar refractivity (Wildman–Crippen MR) is 122 cm³/mol. The zero-order valence-electron chi connectivity index (χ0n) is 17.9. The van der Waals surface area contributed by atoms with Gasteiger partial charge in [0, 0.05) is 25.7 Å². The lowest BCUT2D eigenvalue weighted by molar-refractivity contribution is 0.0752. The molecule has 0 atom stereocenters. The normalized spacial score (nSPS) is 11.1. The van der Waals surface area contributed by atoms with Crippen LogP contribution in [0.3, 0.4) is 0 Å². The first-order valence-electron chi connectivity index (χ1n) is 9.93. The number of methoxy groups -OCH3 is 1. The van der Waals surface area contributed by atoms with E-state index in [-0.39, 0.29) is 10.8 Å². The Bertz CT molecular complexity index is 1130. The van der Waals surface area contributed by atoms with Gasteiger partial charge in [-0.1, -0.05) is 42.5 Å². The first-order valence-corrected chi connectivity index (χ1v) is 11.4. The highest BCUT2D eigenvalue weighted by atomic mass is 32.2. The van der Waals surface area contributed by atoms with Crippen molar-refractivity contribution in [2.45, 2.75) is 18.4 Å². The summed E-state index contributed by atoms with van der Waals surface area (Å²) in [5, 5.41) is 0. The molecule has 0 aliphatic carbocycles. The van der Waals surface area contributed by atoms with Crippen molar-refractivity contribution in [3.63, 3.8) is 0 Å². The Morgan fingerprint density at radius 3 is 2.13 bits per heavy atom. The van der Waals surface area contributed by atoms with Crippen LogP contribution in [-0.2, 0) is 16.6 Å². The third-order valence-corrected chi connectivity index (χ3v) is 6.85. The topological polar surface area (TPSA) is 66.9 Å². The van der Waals surface area contributed by atoms with E-state index in [1.807, 2.05) is 37.3 Å². The van der Waals surface area contributed by atoms with E-state index in [9.17, 15) is 13.2 Å². The number of amides is 1. The summed E-state index contributed by atoms with van der Waals surface area (Å²) in [5.41, 5.74) is 1.91. The van der Waals surface area contributed by atoms with Gasteiger partial charge in [0.15, 0.2) is 0 Å². The summed E-state index contributed by atoms with van der Waals surface area (Å²) in [6.07, 6.45) is 0. The van der Waals surface area contributed by atoms with E-state index < -0.39 is 10.0 Å². The van der Waals surface area contributed by atoms with Crippen LogP contribution in [-0.4, -0.2) is 39.9 Å². The molecule has 3 aromatic carbocycles. The molecule has 0 spiro atoms. The fraction of sp³-hybridized carbons (Fsp3) is 0.208. The molecule has 3 rings (SSSR count). The molecule has 0 aromatic heterocycles. The number of rotatable bonds is 8. The number of carbonyl (C=O) groups is 1. The van der Waals surface area contributed by atoms with Gasteiger partial charge in [-0.2, -0.15) is 0 Å². The standard InChI is InChI=1S/C24H26N2O4S/c1-4-26(18-19-10-6-5-7-11-19)24(27)20-14-16-21(17-15-20)31(28,29)25(2)22-12-8-9-13-23(22)30-3/h5-17H,4,18H2,1-3H3. The Kier molecular flexibility index (Phi) is 6.97. The van der Waals surface area contributed by atoms with E-state index >= 15 is 0 Å². The number of hydrogen-bond acceptors (Lipinski definition) is 4. The Labute approximate surface area is 183 Å². The molecule has 0 bridgehead atoms. The van der Waals surface area contributed by atoms with E-state index in [0.29, 0.717) is 30.1 Å². The van der Waals surface area contributed by atoms with Crippen LogP contribution >= 0.6 is 0 Å². The number of hydrogen-bond donors (Lipinski definition) is 0. The van der Waals surface area contributed by atoms with Crippen LogP contribution in [0.1, 0.15) is 22.8 Å². The second kappa shape index (κ2) is 9.66. The van der Waals surface area contributed by atoms with Crippen molar-refractivity contribution in [1.82, 2.24) is 4.90 Å². The van der Waals surface area contributed by atoms with E-state index in [1.54, 1.807) is 41.3 Å². The first kappa shape index (κ1) is 22.4. The summed E-state index contributed by atoms with van der Waals surface area (Å²) >= 11 is 0. The number of sulfonamides is 1. The van der Waals surface area contributed by atoms with Crippen molar-refractivity contribution >= 4 is 21.6 Å². The van der Waals surface area contributed by atoms with Gasteiger partial charge in [-0.3, -0.25) is 9.10 Å². The maximum Gasteiger partial charge on any atom is 0.264 e. The third-order valence-electron chi connectivity index (χ3n) is 5.07. The molecule has 0 aliphatic heterocycles. The van der Waals surface area contributed by atoms with Gasteiger partial charge in [-0.15, -0.1) is 0 Å². The molecule has 0 unspecified atom stereocenters. The second-order valence-corrected chi connectivity index (χ2v) is 8.94. The minimum absolute atomic E-state index is 0.101. The molecule has 0 N–H and O–H groups in total. The number of para-hydroxylation sites is 2. The van der Waals surface area contributed by atoms with Crippen molar-refractivity contribution in [2.24, 2.45) is 0 Å². The Morgan fingerprint density at radius 2 is 1.52 bits per heavy atom. The number of ether oxygens (including phenoxy) is 1.